The summed E-state index contributed by atoms with van der Waals surface area (Å²) in [5, 5.41) is 102. The molecule has 0 spiro atoms. The first-order chi connectivity index (χ1) is 45.6. The number of hydrogen-bond acceptors (Lipinski definition) is 20. The number of aliphatic hydroxyl groups is 7. The fourth-order valence-corrected chi connectivity index (χ4v) is 11.4. The Kier molecular flexibility index (Phi) is 36.7. The molecule has 2 heterocycles. The SMILES string of the molecule is CCCCCCC[C@@H]1CC(=O)N[C@@H](C(C)C)C(=O)N[C@H]([C@@H](O)C(C)C)C(=O)N[C@@H](C)C(=O)N[C@H]([C@H](O)C(C)C)C(=O)N[C@H](CCC(N)=O)C(=O)N(C)[C@@H]([C@H](C)CC)C(=O)N[C@H]([C@@H](O)CO)C(=O)N[C@@H]([C@@H](C)O)C(=O)N2C[C@H](O)C[C@H]2C(=O)N[C@H](CC(C)C)C(=O)N[C@@H]([C@@H](C)O)C(=O)N1. The molecule has 2 rings (SSSR count). The van der Waals surface area contributed by atoms with Gasteiger partial charge in [0, 0.05) is 38.9 Å². The molecule has 19 atom stereocenters. The van der Waals surface area contributed by atoms with Crippen LogP contribution in [0.15, 0.2) is 0 Å². The Bertz CT molecular complexity index is 2700. The Morgan fingerprint density at radius 1 is 0.541 bits per heavy atom. The highest BCUT2D eigenvalue weighted by Gasteiger charge is 2.47. The number of carbonyl (C=O) groups excluding carboxylic acids is 13. The monoisotopic (exact) mass is 1400 g/mol. The van der Waals surface area contributed by atoms with Gasteiger partial charge in [-0.3, -0.25) is 62.3 Å². The second-order valence-corrected chi connectivity index (χ2v) is 27.7. The standard InChI is InChI=1S/C65H115N13O20/c1-16-18-19-20-21-22-38-26-45(85)71-46(31(5)6)58(91)76-50(53(86)32(7)8)61(94)67-35(12)55(88)75-51(54(87)33(9)10)62(95)69-40(23-24-44(66)84)64(97)77(15)52(34(11)17-2)63(96)74-49(43(83)29-79)60(93)73-48(37(14)81)65(98)78-28-39(82)27-42(78)57(90)70-41(25-30(3)4)56(89)72-47(36(13)80)59(92)68-38/h30-43,46-54,79-83,86-87H,16-29H2,1-15H3,(H2,66,84)(H,67,94)(H,68,92)(H,69,95)(H,70,90)(H,71,85)(H,72,89)(H,73,93)(H,74,96)(H,75,88)(H,76,91)/t34-,35+,36-,37-,38-,39-,40-,41-,42+,43+,46+,47+,48+,49-,50-,51-,52+,53+,54-/m1/s1. The number of nitrogens with one attached hydrogen (secondary N) is 10. The summed E-state index contributed by atoms with van der Waals surface area (Å²) in [5.41, 5.74) is 5.50. The summed E-state index contributed by atoms with van der Waals surface area (Å²) in [5.74, 6) is -17.2. The molecule has 0 aliphatic carbocycles. The lowest BCUT2D eigenvalue weighted by Gasteiger charge is -2.36. The Hall–Kier alpha value is -7.17. The molecule has 98 heavy (non-hydrogen) atoms. The van der Waals surface area contributed by atoms with E-state index in [9.17, 15) is 98.1 Å². The van der Waals surface area contributed by atoms with Gasteiger partial charge in [0.05, 0.1) is 37.1 Å². The molecule has 0 saturated carbocycles. The molecule has 0 unspecified atom stereocenters. The van der Waals surface area contributed by atoms with Crippen molar-refractivity contribution in [1.29, 1.82) is 0 Å². The van der Waals surface area contributed by atoms with Gasteiger partial charge in [-0.05, 0) is 69.6 Å². The lowest BCUT2D eigenvalue weighted by atomic mass is 9.94. The number of likely N-dealkylation sites (N-methyl/N-ethyl adjacent to an activating group) is 1. The Morgan fingerprint density at radius 3 is 1.54 bits per heavy atom. The van der Waals surface area contributed by atoms with Crippen LogP contribution in [0.5, 0.6) is 0 Å². The van der Waals surface area contributed by atoms with Crippen molar-refractivity contribution in [3.63, 3.8) is 0 Å². The molecule has 2 fully saturated rings. The Labute approximate surface area is 574 Å². The van der Waals surface area contributed by atoms with E-state index in [1.54, 1.807) is 34.6 Å². The number of nitrogens with two attached hydrogens (primary N) is 1. The molecule has 560 valence electrons. The van der Waals surface area contributed by atoms with Gasteiger partial charge in [0.15, 0.2) is 0 Å². The summed E-state index contributed by atoms with van der Waals surface area (Å²) < 4.78 is 0. The lowest BCUT2D eigenvalue weighted by molar-refractivity contribution is -0.147. The molecule has 19 N–H and O–H groups in total. The summed E-state index contributed by atoms with van der Waals surface area (Å²) >= 11 is 0. The maximum absolute atomic E-state index is 14.7. The summed E-state index contributed by atoms with van der Waals surface area (Å²) in [6.45, 7) is 19.5. The minimum absolute atomic E-state index is 0.0942. The van der Waals surface area contributed by atoms with E-state index in [1.165, 1.54) is 48.5 Å². The van der Waals surface area contributed by atoms with E-state index >= 15 is 0 Å². The van der Waals surface area contributed by atoms with Gasteiger partial charge < -0.3 is 104 Å². The van der Waals surface area contributed by atoms with Crippen molar-refractivity contribution in [2.24, 2.45) is 35.3 Å². The molecule has 33 heteroatoms. The molecular weight excluding hydrogens is 1280 g/mol. The molecule has 33 nitrogen and oxygen atoms in total. The van der Waals surface area contributed by atoms with E-state index in [0.29, 0.717) is 12.8 Å². The highest BCUT2D eigenvalue weighted by atomic mass is 16.3. The number of primary amides is 1. The van der Waals surface area contributed by atoms with Crippen molar-refractivity contribution in [3.8, 4) is 0 Å². The molecule has 0 bridgehead atoms. The fourth-order valence-electron chi connectivity index (χ4n) is 11.4. The molecule has 0 aromatic heterocycles. The van der Waals surface area contributed by atoms with Gasteiger partial charge in [0.1, 0.15) is 72.6 Å². The number of carbonyl (C=O) groups is 13. The van der Waals surface area contributed by atoms with E-state index in [1.807, 2.05) is 6.92 Å². The summed E-state index contributed by atoms with van der Waals surface area (Å²) in [6, 6.07) is -20.1. The van der Waals surface area contributed by atoms with Gasteiger partial charge in [-0.15, -0.1) is 0 Å². The third kappa shape index (κ3) is 26.5. The zero-order chi connectivity index (χ0) is 74.9. The fraction of sp³-hybridized carbons (Fsp3) is 0.800. The third-order valence-corrected chi connectivity index (χ3v) is 17.6. The van der Waals surface area contributed by atoms with Crippen LogP contribution in [0.4, 0.5) is 0 Å². The molecular formula is C65H115N13O20. The number of amides is 13. The molecule has 13 amide bonds. The van der Waals surface area contributed by atoms with Crippen LogP contribution in [0.2, 0.25) is 0 Å². The summed E-state index contributed by atoms with van der Waals surface area (Å²) in [4.78, 5) is 187. The average Bonchev–Trinajstić information content (AvgIpc) is 1.56. The van der Waals surface area contributed by atoms with E-state index in [0.717, 1.165) is 43.0 Å². The van der Waals surface area contributed by atoms with Gasteiger partial charge in [-0.1, -0.05) is 115 Å². The second-order valence-electron chi connectivity index (χ2n) is 27.7. The van der Waals surface area contributed by atoms with Gasteiger partial charge in [0.25, 0.3) is 0 Å². The van der Waals surface area contributed by atoms with Crippen LogP contribution in [0, 0.1) is 29.6 Å². The van der Waals surface area contributed by atoms with Gasteiger partial charge in [0.2, 0.25) is 76.8 Å². The van der Waals surface area contributed by atoms with E-state index < -0.39 is 248 Å². The number of nitrogens with zero attached hydrogens (tertiary/aromatic N) is 2. The normalized spacial score (nSPS) is 28.7. The van der Waals surface area contributed by atoms with Crippen LogP contribution in [-0.4, -0.2) is 252 Å². The largest absolute Gasteiger partial charge is 0.394 e. The molecule has 0 aromatic rings. The van der Waals surface area contributed by atoms with Gasteiger partial charge in [-0.2, -0.15) is 0 Å². The van der Waals surface area contributed by atoms with Crippen molar-refractivity contribution in [1.82, 2.24) is 63.0 Å². The van der Waals surface area contributed by atoms with Gasteiger partial charge >= 0.3 is 0 Å². The van der Waals surface area contributed by atoms with Crippen LogP contribution in [-0.2, 0) is 62.3 Å². The highest BCUT2D eigenvalue weighted by molar-refractivity contribution is 6.00. The predicted octanol–water partition coefficient (Wildman–Crippen LogP) is -4.43. The zero-order valence-corrected chi connectivity index (χ0v) is 59.6. The van der Waals surface area contributed by atoms with Crippen molar-refractivity contribution in [2.75, 3.05) is 20.2 Å². The van der Waals surface area contributed by atoms with Gasteiger partial charge in [-0.25, -0.2) is 0 Å². The third-order valence-electron chi connectivity index (χ3n) is 17.6. The number of rotatable bonds is 22. The number of hydrogen-bond donors (Lipinski definition) is 18. The highest BCUT2D eigenvalue weighted by Crippen LogP contribution is 2.23. The van der Waals surface area contributed by atoms with Crippen molar-refractivity contribution in [3.05, 3.63) is 0 Å². The number of fused-ring (bicyclic) bond motifs is 1. The average molecular weight is 1400 g/mol. The van der Waals surface area contributed by atoms with Crippen molar-refractivity contribution < 1.29 is 98.1 Å². The predicted molar refractivity (Wildman–Crippen MR) is 356 cm³/mol. The topological polar surface area (TPSA) is 516 Å². The summed E-state index contributed by atoms with van der Waals surface area (Å²) in [6.07, 6.45) is -8.27. The number of unbranched alkanes of at least 4 members (excludes halogenated alkanes) is 4. The first-order valence-corrected chi connectivity index (χ1v) is 34.2. The van der Waals surface area contributed by atoms with Crippen LogP contribution in [0.25, 0.3) is 0 Å². The Morgan fingerprint density at radius 2 is 1.03 bits per heavy atom. The lowest BCUT2D eigenvalue weighted by Crippen LogP contribution is -2.65. The molecule has 0 radical (unpaired) electrons. The van der Waals surface area contributed by atoms with Crippen LogP contribution < -0.4 is 58.9 Å². The molecule has 0 aromatic carbocycles. The summed E-state index contributed by atoms with van der Waals surface area (Å²) in [7, 11) is 1.13. The first kappa shape index (κ1) is 86.9. The quantitative estimate of drug-likeness (QED) is 0.0455. The minimum atomic E-state index is -2.17. The molecule has 2 saturated heterocycles. The van der Waals surface area contributed by atoms with E-state index in [4.69, 9.17) is 5.73 Å². The maximum atomic E-state index is 14.7. The molecule has 2 aliphatic rings. The molecule has 2 aliphatic heterocycles. The number of aliphatic hydroxyl groups excluding tert-OH is 7. The van der Waals surface area contributed by atoms with Crippen LogP contribution >= 0.6 is 0 Å². The Balaban J connectivity index is 2.98. The first-order valence-electron chi connectivity index (χ1n) is 34.2. The van der Waals surface area contributed by atoms with Crippen LogP contribution in [0.3, 0.4) is 0 Å². The maximum Gasteiger partial charge on any atom is 0.248 e. The van der Waals surface area contributed by atoms with Crippen molar-refractivity contribution >= 4 is 76.8 Å². The van der Waals surface area contributed by atoms with E-state index in [-0.39, 0.29) is 25.2 Å². The van der Waals surface area contributed by atoms with Crippen molar-refractivity contribution in [2.45, 2.75) is 283 Å². The second kappa shape index (κ2) is 41.4. The minimum Gasteiger partial charge on any atom is -0.394 e. The zero-order valence-electron chi connectivity index (χ0n) is 59.6. The smallest absolute Gasteiger partial charge is 0.248 e. The van der Waals surface area contributed by atoms with Crippen LogP contribution in [0.1, 0.15) is 174 Å². The van der Waals surface area contributed by atoms with E-state index in [2.05, 4.69) is 53.2 Å².